The van der Waals surface area contributed by atoms with Crippen molar-refractivity contribution in [2.45, 2.75) is 4.90 Å². The molecule has 0 bridgehead atoms. The minimum Gasteiger partial charge on any atom is -0.495 e. The van der Waals surface area contributed by atoms with Gasteiger partial charge in [0.25, 0.3) is 10.0 Å². The second-order valence-corrected chi connectivity index (χ2v) is 6.74. The summed E-state index contributed by atoms with van der Waals surface area (Å²) >= 11 is 5.89. The average molecular weight is 355 g/mol. The molecular weight excluding hydrogens is 344 g/mol. The van der Waals surface area contributed by atoms with Gasteiger partial charge < -0.3 is 9.15 Å². The Labute approximate surface area is 135 Å². The summed E-state index contributed by atoms with van der Waals surface area (Å²) in [5, 5.41) is 0.357. The number of nitrogens with one attached hydrogen (secondary N) is 2. The molecule has 0 aliphatic rings. The topological polar surface area (TPSA) is 101 Å². The summed E-state index contributed by atoms with van der Waals surface area (Å²) in [6.07, 6.45) is 0. The summed E-state index contributed by atoms with van der Waals surface area (Å²) in [7, 11) is -2.49. The summed E-state index contributed by atoms with van der Waals surface area (Å²) in [5.41, 5.74) is 0.765. The van der Waals surface area contributed by atoms with Crippen molar-refractivity contribution in [3.63, 3.8) is 0 Å². The fraction of sp³-hybridized carbons (Fsp3) is 0.0714. The van der Waals surface area contributed by atoms with Gasteiger partial charge in [0.1, 0.15) is 5.75 Å². The Hall–Kier alpha value is -2.45. The molecule has 0 saturated heterocycles. The van der Waals surface area contributed by atoms with Gasteiger partial charge in [0.15, 0.2) is 5.58 Å². The van der Waals surface area contributed by atoms with Gasteiger partial charge in [0.2, 0.25) is 0 Å². The molecule has 0 amide bonds. The molecule has 3 rings (SSSR count). The molecule has 7 nitrogen and oxygen atoms in total. The first-order valence-corrected chi connectivity index (χ1v) is 8.24. The lowest BCUT2D eigenvalue weighted by molar-refractivity contribution is 0.417. The number of halogens is 1. The number of rotatable bonds is 4. The zero-order valence-corrected chi connectivity index (χ0v) is 13.4. The molecule has 0 atom stereocenters. The molecule has 1 heterocycles. The third-order valence-electron chi connectivity index (χ3n) is 3.11. The van der Waals surface area contributed by atoms with Gasteiger partial charge in [-0.1, -0.05) is 11.6 Å². The Bertz CT molecular complexity index is 1040. The largest absolute Gasteiger partial charge is 0.495 e. The van der Waals surface area contributed by atoms with E-state index in [0.29, 0.717) is 16.3 Å². The molecule has 0 radical (unpaired) electrons. The van der Waals surface area contributed by atoms with E-state index in [9.17, 15) is 13.2 Å². The van der Waals surface area contributed by atoms with E-state index in [1.165, 1.54) is 31.4 Å². The van der Waals surface area contributed by atoms with Gasteiger partial charge in [0.05, 0.1) is 23.2 Å². The predicted molar refractivity (Wildman–Crippen MR) is 85.6 cm³/mol. The zero-order chi connectivity index (χ0) is 16.6. The first-order valence-electron chi connectivity index (χ1n) is 6.38. The van der Waals surface area contributed by atoms with Crippen molar-refractivity contribution in [3.8, 4) is 5.75 Å². The Morgan fingerprint density at radius 3 is 2.74 bits per heavy atom. The molecule has 120 valence electrons. The number of aromatic amines is 1. The van der Waals surface area contributed by atoms with E-state index >= 15 is 0 Å². The molecular formula is C14H11ClN2O5S. The van der Waals surface area contributed by atoms with Crippen LogP contribution in [0.2, 0.25) is 5.02 Å². The van der Waals surface area contributed by atoms with Crippen LogP contribution in [0, 0.1) is 0 Å². The number of oxazole rings is 1. The van der Waals surface area contributed by atoms with Crippen molar-refractivity contribution in [1.82, 2.24) is 4.98 Å². The number of sulfonamides is 1. The van der Waals surface area contributed by atoms with Crippen molar-refractivity contribution in [2.24, 2.45) is 0 Å². The second kappa shape index (κ2) is 5.64. The lowest BCUT2D eigenvalue weighted by atomic mass is 10.3. The third kappa shape index (κ3) is 3.03. The van der Waals surface area contributed by atoms with Gasteiger partial charge in [-0.15, -0.1) is 0 Å². The quantitative estimate of drug-likeness (QED) is 0.749. The van der Waals surface area contributed by atoms with Crippen LogP contribution in [0.25, 0.3) is 11.1 Å². The van der Waals surface area contributed by atoms with Gasteiger partial charge in [-0.2, -0.15) is 0 Å². The maximum absolute atomic E-state index is 12.5. The van der Waals surface area contributed by atoms with E-state index in [1.54, 1.807) is 12.1 Å². The number of hydrogen-bond acceptors (Lipinski definition) is 5. The number of anilines is 1. The first-order chi connectivity index (χ1) is 10.9. The summed E-state index contributed by atoms with van der Waals surface area (Å²) in [4.78, 5) is 13.5. The van der Waals surface area contributed by atoms with Gasteiger partial charge in [-0.25, -0.2) is 13.2 Å². The van der Waals surface area contributed by atoms with E-state index in [0.717, 1.165) is 0 Å². The van der Waals surface area contributed by atoms with Gasteiger partial charge in [-0.3, -0.25) is 9.71 Å². The molecule has 0 saturated carbocycles. The predicted octanol–water partition coefficient (Wildman–Crippen LogP) is 2.58. The van der Waals surface area contributed by atoms with Crippen LogP contribution in [-0.4, -0.2) is 20.5 Å². The molecule has 3 aromatic rings. The maximum Gasteiger partial charge on any atom is 0.417 e. The molecule has 0 aliphatic carbocycles. The van der Waals surface area contributed by atoms with E-state index in [-0.39, 0.29) is 16.2 Å². The maximum atomic E-state index is 12.5. The number of benzene rings is 2. The number of hydrogen-bond donors (Lipinski definition) is 2. The van der Waals surface area contributed by atoms with Crippen molar-refractivity contribution < 1.29 is 17.6 Å². The SMILES string of the molecule is COc1ccc(Cl)cc1NS(=O)(=O)c1ccc2[nH]c(=O)oc2c1. The highest BCUT2D eigenvalue weighted by Gasteiger charge is 2.18. The molecule has 0 fully saturated rings. The highest BCUT2D eigenvalue weighted by atomic mass is 35.5. The van der Waals surface area contributed by atoms with E-state index in [1.807, 2.05) is 0 Å². The number of H-pyrrole nitrogens is 1. The van der Waals surface area contributed by atoms with Crippen LogP contribution in [0.4, 0.5) is 5.69 Å². The Morgan fingerprint density at radius 1 is 1.22 bits per heavy atom. The van der Waals surface area contributed by atoms with Crippen molar-refractivity contribution in [3.05, 3.63) is 52.0 Å². The molecule has 0 unspecified atom stereocenters. The highest BCUT2D eigenvalue weighted by Crippen LogP contribution is 2.30. The summed E-state index contributed by atoms with van der Waals surface area (Å²) < 4.78 is 37.4. The fourth-order valence-electron chi connectivity index (χ4n) is 2.06. The van der Waals surface area contributed by atoms with Crippen LogP contribution in [0.15, 0.2) is 50.5 Å². The molecule has 23 heavy (non-hydrogen) atoms. The van der Waals surface area contributed by atoms with Crippen LogP contribution in [0.1, 0.15) is 0 Å². The summed E-state index contributed by atoms with van der Waals surface area (Å²) in [5.74, 6) is -0.328. The molecule has 1 aromatic heterocycles. The number of aromatic nitrogens is 1. The standard InChI is InChI=1S/C14H11ClN2O5S/c1-21-12-5-2-8(15)6-11(12)17-23(19,20)9-3-4-10-13(7-9)22-14(18)16-10/h2-7,17H,1H3,(H,16,18). The minimum absolute atomic E-state index is 0.0604. The van der Waals surface area contributed by atoms with Crippen LogP contribution in [0.5, 0.6) is 5.75 Å². The average Bonchev–Trinajstić information content (AvgIpc) is 2.86. The third-order valence-corrected chi connectivity index (χ3v) is 4.71. The highest BCUT2D eigenvalue weighted by molar-refractivity contribution is 7.92. The van der Waals surface area contributed by atoms with Gasteiger partial charge in [0, 0.05) is 11.1 Å². The molecule has 0 aliphatic heterocycles. The monoisotopic (exact) mass is 354 g/mol. The zero-order valence-electron chi connectivity index (χ0n) is 11.8. The van der Waals surface area contributed by atoms with Crippen molar-refractivity contribution in [2.75, 3.05) is 11.8 Å². The van der Waals surface area contributed by atoms with Crippen molar-refractivity contribution >= 4 is 38.4 Å². The van der Waals surface area contributed by atoms with Crippen molar-refractivity contribution in [1.29, 1.82) is 0 Å². The lowest BCUT2D eigenvalue weighted by Crippen LogP contribution is -2.13. The lowest BCUT2D eigenvalue weighted by Gasteiger charge is -2.12. The smallest absolute Gasteiger partial charge is 0.417 e. The minimum atomic E-state index is -3.91. The number of fused-ring (bicyclic) bond motifs is 1. The Kier molecular flexibility index (Phi) is 3.78. The second-order valence-electron chi connectivity index (χ2n) is 4.62. The van der Waals surface area contributed by atoms with Crippen LogP contribution in [-0.2, 0) is 10.0 Å². The van der Waals surface area contributed by atoms with E-state index in [4.69, 9.17) is 20.8 Å². The number of ether oxygens (including phenoxy) is 1. The van der Waals surface area contributed by atoms with Crippen LogP contribution >= 0.6 is 11.6 Å². The molecule has 2 aromatic carbocycles. The fourth-order valence-corrected chi connectivity index (χ4v) is 3.30. The summed E-state index contributed by atoms with van der Waals surface area (Å²) in [6.45, 7) is 0. The molecule has 9 heteroatoms. The summed E-state index contributed by atoms with van der Waals surface area (Å²) in [6, 6.07) is 8.63. The van der Waals surface area contributed by atoms with Crippen LogP contribution < -0.4 is 15.2 Å². The Morgan fingerprint density at radius 2 is 2.00 bits per heavy atom. The Balaban J connectivity index is 2.03. The normalized spacial score (nSPS) is 11.6. The molecule has 2 N–H and O–H groups in total. The van der Waals surface area contributed by atoms with Crippen LogP contribution in [0.3, 0.4) is 0 Å². The van der Waals surface area contributed by atoms with Gasteiger partial charge >= 0.3 is 5.76 Å². The van der Waals surface area contributed by atoms with E-state index < -0.39 is 15.8 Å². The number of methoxy groups -OCH3 is 1. The van der Waals surface area contributed by atoms with Gasteiger partial charge in [-0.05, 0) is 30.3 Å². The van der Waals surface area contributed by atoms with E-state index in [2.05, 4.69) is 9.71 Å². The first kappa shape index (κ1) is 15.4. The molecule has 0 spiro atoms.